The van der Waals surface area contributed by atoms with Crippen LogP contribution in [0.4, 0.5) is 0 Å². The highest BCUT2D eigenvalue weighted by atomic mass is 35.5. The smallest absolute Gasteiger partial charge is 0.243 e. The van der Waals surface area contributed by atoms with Gasteiger partial charge in [-0.25, -0.2) is 0 Å². The van der Waals surface area contributed by atoms with Crippen molar-refractivity contribution in [2.75, 3.05) is 0 Å². The van der Waals surface area contributed by atoms with Crippen molar-refractivity contribution in [1.82, 2.24) is 10.2 Å². The molecule has 2 aromatic carbocycles. The number of hydrogen-bond donors (Lipinski definition) is 1. The number of rotatable bonds is 10. The summed E-state index contributed by atoms with van der Waals surface area (Å²) in [6, 6.07) is 13.2. The van der Waals surface area contributed by atoms with Crippen LogP contribution in [-0.2, 0) is 28.0 Å². The number of halogens is 2. The van der Waals surface area contributed by atoms with Gasteiger partial charge in [-0.05, 0) is 60.4 Å². The van der Waals surface area contributed by atoms with Crippen LogP contribution in [0.1, 0.15) is 77.5 Å². The Hall–Kier alpha value is -2.04. The topological polar surface area (TPSA) is 49.4 Å². The van der Waals surface area contributed by atoms with Crippen molar-refractivity contribution in [2.24, 2.45) is 0 Å². The molecule has 1 N–H and O–H groups in total. The predicted octanol–water partition coefficient (Wildman–Crippen LogP) is 6.95. The number of amides is 2. The van der Waals surface area contributed by atoms with E-state index < -0.39 is 6.04 Å². The molecule has 0 aliphatic heterocycles. The van der Waals surface area contributed by atoms with Gasteiger partial charge in [0.2, 0.25) is 11.8 Å². The summed E-state index contributed by atoms with van der Waals surface area (Å²) in [6.45, 7) is 12.8. The fourth-order valence-corrected chi connectivity index (χ4v) is 4.08. The zero-order chi connectivity index (χ0) is 25.5. The summed E-state index contributed by atoms with van der Waals surface area (Å²) in [5, 5.41) is 3.93. The van der Waals surface area contributed by atoms with E-state index in [1.807, 2.05) is 26.8 Å². The molecule has 0 fully saturated rings. The van der Waals surface area contributed by atoms with E-state index in [9.17, 15) is 9.59 Å². The number of carbonyl (C=O) groups excluding carboxylic acids is 2. The first-order chi connectivity index (χ1) is 16.0. The number of aryl methyl sites for hydroxylation is 1. The van der Waals surface area contributed by atoms with Gasteiger partial charge in [-0.3, -0.25) is 9.59 Å². The number of hydrogen-bond acceptors (Lipinski definition) is 2. The van der Waals surface area contributed by atoms with Gasteiger partial charge in [-0.2, -0.15) is 0 Å². The van der Waals surface area contributed by atoms with Crippen molar-refractivity contribution in [3.05, 3.63) is 69.2 Å². The average molecular weight is 506 g/mol. The first-order valence-electron chi connectivity index (χ1n) is 12.1. The highest BCUT2D eigenvalue weighted by Gasteiger charge is 2.29. The Labute approximate surface area is 215 Å². The highest BCUT2D eigenvalue weighted by Crippen LogP contribution is 2.25. The van der Waals surface area contributed by atoms with E-state index in [2.05, 4.69) is 50.4 Å². The van der Waals surface area contributed by atoms with Crippen LogP contribution in [0.15, 0.2) is 42.5 Å². The normalized spacial score (nSPS) is 13.3. The summed E-state index contributed by atoms with van der Waals surface area (Å²) in [6.07, 6.45) is 2.29. The van der Waals surface area contributed by atoms with Gasteiger partial charge >= 0.3 is 0 Å². The monoisotopic (exact) mass is 504 g/mol. The van der Waals surface area contributed by atoms with Crippen LogP contribution in [-0.4, -0.2) is 28.8 Å². The molecule has 2 rings (SSSR count). The van der Waals surface area contributed by atoms with Crippen molar-refractivity contribution >= 4 is 35.0 Å². The average Bonchev–Trinajstić information content (AvgIpc) is 2.79. The molecule has 0 saturated heterocycles. The Morgan fingerprint density at radius 3 is 2.09 bits per heavy atom. The summed E-state index contributed by atoms with van der Waals surface area (Å²) in [5.41, 5.74) is 3.29. The van der Waals surface area contributed by atoms with Gasteiger partial charge in [0.05, 0.1) is 10.0 Å². The minimum absolute atomic E-state index is 0.0461. The molecule has 0 unspecified atom stereocenters. The van der Waals surface area contributed by atoms with Crippen LogP contribution in [0, 0.1) is 0 Å². The maximum absolute atomic E-state index is 13.4. The standard InChI is InChI=1S/C28H38Cl2N2O2/c1-7-19(3)31-27(34)25(8-2)32(18-21-11-15-23(29)24(30)17-21)26(33)16-12-20-9-13-22(14-10-20)28(4,5)6/h9-11,13-15,17,19,25H,7-8,12,16,18H2,1-6H3,(H,31,34)/t19-,25+/m0/s1. The van der Waals surface area contributed by atoms with E-state index in [0.29, 0.717) is 35.9 Å². The predicted molar refractivity (Wildman–Crippen MR) is 142 cm³/mol. The van der Waals surface area contributed by atoms with Gasteiger partial charge in [0.25, 0.3) is 0 Å². The van der Waals surface area contributed by atoms with Crippen molar-refractivity contribution in [2.45, 2.75) is 91.3 Å². The molecule has 0 heterocycles. The van der Waals surface area contributed by atoms with E-state index in [1.165, 1.54) is 5.56 Å². The Kier molecular flexibility index (Phi) is 10.5. The molecule has 2 atom stereocenters. The molecular weight excluding hydrogens is 467 g/mol. The lowest BCUT2D eigenvalue weighted by Crippen LogP contribution is -2.50. The largest absolute Gasteiger partial charge is 0.352 e. The third-order valence-electron chi connectivity index (χ3n) is 6.17. The maximum atomic E-state index is 13.4. The molecule has 4 nitrogen and oxygen atoms in total. The van der Waals surface area contributed by atoms with Gasteiger partial charge in [-0.15, -0.1) is 0 Å². The van der Waals surface area contributed by atoms with E-state index in [-0.39, 0.29) is 23.3 Å². The van der Waals surface area contributed by atoms with Crippen LogP contribution in [0.2, 0.25) is 10.0 Å². The maximum Gasteiger partial charge on any atom is 0.243 e. The van der Waals surface area contributed by atoms with Gasteiger partial charge in [0.15, 0.2) is 0 Å². The van der Waals surface area contributed by atoms with Crippen LogP contribution < -0.4 is 5.32 Å². The molecule has 2 amide bonds. The lowest BCUT2D eigenvalue weighted by molar-refractivity contribution is -0.141. The van der Waals surface area contributed by atoms with Gasteiger partial charge < -0.3 is 10.2 Å². The molecule has 34 heavy (non-hydrogen) atoms. The Bertz CT molecular complexity index is 967. The molecule has 0 spiro atoms. The molecule has 0 aliphatic carbocycles. The molecule has 0 aromatic heterocycles. The van der Waals surface area contributed by atoms with Crippen molar-refractivity contribution in [3.8, 4) is 0 Å². The number of carbonyl (C=O) groups is 2. The van der Waals surface area contributed by atoms with Crippen molar-refractivity contribution in [1.29, 1.82) is 0 Å². The fourth-order valence-electron chi connectivity index (χ4n) is 3.76. The number of benzene rings is 2. The van der Waals surface area contributed by atoms with Crippen LogP contribution >= 0.6 is 23.2 Å². The number of nitrogens with zero attached hydrogens (tertiary/aromatic N) is 1. The van der Waals surface area contributed by atoms with Crippen molar-refractivity contribution in [3.63, 3.8) is 0 Å². The third-order valence-corrected chi connectivity index (χ3v) is 6.91. The number of nitrogens with one attached hydrogen (secondary N) is 1. The fraction of sp³-hybridized carbons (Fsp3) is 0.500. The Morgan fingerprint density at radius 1 is 0.941 bits per heavy atom. The zero-order valence-corrected chi connectivity index (χ0v) is 22.8. The Morgan fingerprint density at radius 2 is 1.56 bits per heavy atom. The summed E-state index contributed by atoms with van der Waals surface area (Å²) in [4.78, 5) is 28.2. The zero-order valence-electron chi connectivity index (χ0n) is 21.3. The highest BCUT2D eigenvalue weighted by molar-refractivity contribution is 6.42. The molecular formula is C28H38Cl2N2O2. The molecule has 6 heteroatoms. The molecule has 0 radical (unpaired) electrons. The quantitative estimate of drug-likeness (QED) is 0.380. The van der Waals surface area contributed by atoms with Crippen LogP contribution in [0.5, 0.6) is 0 Å². The van der Waals surface area contributed by atoms with Gasteiger partial charge in [0, 0.05) is 19.0 Å². The van der Waals surface area contributed by atoms with E-state index in [0.717, 1.165) is 17.5 Å². The van der Waals surface area contributed by atoms with E-state index >= 15 is 0 Å². The first-order valence-corrected chi connectivity index (χ1v) is 12.8. The van der Waals surface area contributed by atoms with Crippen LogP contribution in [0.3, 0.4) is 0 Å². The second-order valence-electron chi connectivity index (χ2n) is 9.96. The Balaban J connectivity index is 2.23. The van der Waals surface area contributed by atoms with Gasteiger partial charge in [-0.1, -0.05) is 88.2 Å². The van der Waals surface area contributed by atoms with E-state index in [1.54, 1.807) is 17.0 Å². The van der Waals surface area contributed by atoms with Crippen molar-refractivity contribution < 1.29 is 9.59 Å². The first kappa shape index (κ1) is 28.2. The van der Waals surface area contributed by atoms with Gasteiger partial charge in [0.1, 0.15) is 6.04 Å². The molecule has 186 valence electrons. The molecule has 0 saturated carbocycles. The molecule has 0 aliphatic rings. The molecule has 2 aromatic rings. The molecule has 0 bridgehead atoms. The second kappa shape index (κ2) is 12.6. The van der Waals surface area contributed by atoms with E-state index in [4.69, 9.17) is 23.2 Å². The van der Waals surface area contributed by atoms with Crippen LogP contribution in [0.25, 0.3) is 0 Å². The summed E-state index contributed by atoms with van der Waals surface area (Å²) < 4.78 is 0. The second-order valence-corrected chi connectivity index (χ2v) is 10.8. The summed E-state index contributed by atoms with van der Waals surface area (Å²) in [5.74, 6) is -0.183. The summed E-state index contributed by atoms with van der Waals surface area (Å²) >= 11 is 12.3. The third kappa shape index (κ3) is 8.02. The minimum atomic E-state index is -0.556. The lowest BCUT2D eigenvalue weighted by Gasteiger charge is -2.31. The summed E-state index contributed by atoms with van der Waals surface area (Å²) in [7, 11) is 0. The minimum Gasteiger partial charge on any atom is -0.352 e. The SMILES string of the molecule is CC[C@H](C(=O)N[C@@H](C)CC)N(Cc1ccc(Cl)c(Cl)c1)C(=O)CCc1ccc(C(C)(C)C)cc1. The lowest BCUT2D eigenvalue weighted by atomic mass is 9.86.